The minimum absolute atomic E-state index is 0.350. The molecule has 0 aromatic carbocycles. The SMILES string of the molecule is CC1CCN(CC2(CNC(C)C)CCCOC2)CC1. The van der Waals surface area contributed by atoms with Crippen LogP contribution in [0.3, 0.4) is 0 Å². The molecule has 3 heteroatoms. The normalized spacial score (nSPS) is 30.9. The third-order valence-corrected chi connectivity index (χ3v) is 4.72. The zero-order valence-electron chi connectivity index (χ0n) is 13.1. The van der Waals surface area contributed by atoms with Crippen molar-refractivity contribution in [2.24, 2.45) is 11.3 Å². The molecule has 0 radical (unpaired) electrons. The van der Waals surface area contributed by atoms with Crippen LogP contribution in [0.5, 0.6) is 0 Å². The van der Waals surface area contributed by atoms with Gasteiger partial charge in [-0.3, -0.25) is 0 Å². The fourth-order valence-corrected chi connectivity index (χ4v) is 3.35. The number of rotatable bonds is 5. The fraction of sp³-hybridized carbons (Fsp3) is 1.00. The number of likely N-dealkylation sites (tertiary alicyclic amines) is 1. The van der Waals surface area contributed by atoms with Gasteiger partial charge in [0.15, 0.2) is 0 Å². The van der Waals surface area contributed by atoms with Crippen LogP contribution in [0, 0.1) is 11.3 Å². The number of ether oxygens (including phenoxy) is 1. The maximum absolute atomic E-state index is 5.81. The molecule has 0 amide bonds. The first kappa shape index (κ1) is 15.3. The summed E-state index contributed by atoms with van der Waals surface area (Å²) in [4.78, 5) is 2.68. The van der Waals surface area contributed by atoms with Gasteiger partial charge in [-0.15, -0.1) is 0 Å². The average Bonchev–Trinajstić information content (AvgIpc) is 2.41. The molecule has 0 aliphatic carbocycles. The topological polar surface area (TPSA) is 24.5 Å². The van der Waals surface area contributed by atoms with E-state index in [1.165, 1.54) is 45.3 Å². The first-order valence-corrected chi connectivity index (χ1v) is 8.13. The second-order valence-corrected chi connectivity index (χ2v) is 7.15. The van der Waals surface area contributed by atoms with E-state index in [1.54, 1.807) is 0 Å². The van der Waals surface area contributed by atoms with Gasteiger partial charge in [-0.25, -0.2) is 0 Å². The molecule has 2 heterocycles. The molecule has 0 saturated carbocycles. The van der Waals surface area contributed by atoms with Gasteiger partial charge in [-0.2, -0.15) is 0 Å². The van der Waals surface area contributed by atoms with Crippen molar-refractivity contribution in [3.63, 3.8) is 0 Å². The molecule has 1 unspecified atom stereocenters. The number of piperidine rings is 1. The van der Waals surface area contributed by atoms with E-state index in [0.29, 0.717) is 11.5 Å². The Morgan fingerprint density at radius 3 is 2.63 bits per heavy atom. The summed E-state index contributed by atoms with van der Waals surface area (Å²) in [5.41, 5.74) is 0.350. The second kappa shape index (κ2) is 7.05. The number of nitrogens with one attached hydrogen (secondary N) is 1. The third kappa shape index (κ3) is 4.73. The molecule has 19 heavy (non-hydrogen) atoms. The van der Waals surface area contributed by atoms with Crippen LogP contribution in [0.4, 0.5) is 0 Å². The minimum atomic E-state index is 0.350. The molecule has 0 bridgehead atoms. The van der Waals surface area contributed by atoms with E-state index in [2.05, 4.69) is 31.0 Å². The molecule has 0 aromatic rings. The lowest BCUT2D eigenvalue weighted by Crippen LogP contribution is -2.51. The lowest BCUT2D eigenvalue weighted by atomic mass is 9.81. The first-order valence-electron chi connectivity index (χ1n) is 8.13. The van der Waals surface area contributed by atoms with Gasteiger partial charge in [0.25, 0.3) is 0 Å². The van der Waals surface area contributed by atoms with Gasteiger partial charge >= 0.3 is 0 Å². The molecule has 112 valence electrons. The molecule has 2 fully saturated rings. The van der Waals surface area contributed by atoms with Crippen LogP contribution in [0.2, 0.25) is 0 Å². The van der Waals surface area contributed by atoms with Gasteiger partial charge in [0.2, 0.25) is 0 Å². The van der Waals surface area contributed by atoms with Crippen molar-refractivity contribution in [1.29, 1.82) is 0 Å². The van der Waals surface area contributed by atoms with E-state index >= 15 is 0 Å². The maximum atomic E-state index is 5.81. The quantitative estimate of drug-likeness (QED) is 0.829. The van der Waals surface area contributed by atoms with E-state index in [0.717, 1.165) is 25.7 Å². The minimum Gasteiger partial charge on any atom is -0.381 e. The third-order valence-electron chi connectivity index (χ3n) is 4.72. The van der Waals surface area contributed by atoms with Crippen LogP contribution in [0.15, 0.2) is 0 Å². The van der Waals surface area contributed by atoms with Crippen LogP contribution >= 0.6 is 0 Å². The summed E-state index contributed by atoms with van der Waals surface area (Å²) in [5.74, 6) is 0.920. The Balaban J connectivity index is 1.89. The highest BCUT2D eigenvalue weighted by atomic mass is 16.5. The Bertz CT molecular complexity index is 253. The molecule has 2 aliphatic rings. The largest absolute Gasteiger partial charge is 0.381 e. The first-order chi connectivity index (χ1) is 9.10. The zero-order chi connectivity index (χ0) is 13.7. The molecule has 2 rings (SSSR count). The van der Waals surface area contributed by atoms with Crippen LogP contribution in [0.1, 0.15) is 46.5 Å². The molecule has 3 nitrogen and oxygen atoms in total. The van der Waals surface area contributed by atoms with E-state index in [4.69, 9.17) is 4.74 Å². The van der Waals surface area contributed by atoms with Crippen molar-refractivity contribution >= 4 is 0 Å². The highest BCUT2D eigenvalue weighted by molar-refractivity contribution is 4.88. The van der Waals surface area contributed by atoms with E-state index in [1.807, 2.05) is 0 Å². The highest BCUT2D eigenvalue weighted by Gasteiger charge is 2.35. The predicted molar refractivity (Wildman–Crippen MR) is 80.5 cm³/mol. The van der Waals surface area contributed by atoms with Crippen molar-refractivity contribution in [2.45, 2.75) is 52.5 Å². The van der Waals surface area contributed by atoms with E-state index in [-0.39, 0.29) is 0 Å². The van der Waals surface area contributed by atoms with Crippen LogP contribution in [-0.2, 0) is 4.74 Å². The van der Waals surface area contributed by atoms with Gasteiger partial charge in [-0.05, 0) is 44.7 Å². The Labute approximate surface area is 119 Å². The van der Waals surface area contributed by atoms with Crippen LogP contribution in [0.25, 0.3) is 0 Å². The molecular weight excluding hydrogens is 236 g/mol. The van der Waals surface area contributed by atoms with Gasteiger partial charge < -0.3 is 15.0 Å². The molecule has 0 aromatic heterocycles. The van der Waals surface area contributed by atoms with Crippen LogP contribution in [-0.4, -0.2) is 50.3 Å². The number of hydrogen-bond donors (Lipinski definition) is 1. The van der Waals surface area contributed by atoms with E-state index in [9.17, 15) is 0 Å². The lowest BCUT2D eigenvalue weighted by molar-refractivity contribution is -0.0311. The average molecular weight is 268 g/mol. The number of hydrogen-bond acceptors (Lipinski definition) is 3. The van der Waals surface area contributed by atoms with Crippen molar-refractivity contribution in [3.8, 4) is 0 Å². The summed E-state index contributed by atoms with van der Waals surface area (Å²) < 4.78 is 5.81. The summed E-state index contributed by atoms with van der Waals surface area (Å²) in [5, 5.41) is 3.65. The second-order valence-electron chi connectivity index (χ2n) is 7.15. The smallest absolute Gasteiger partial charge is 0.0546 e. The van der Waals surface area contributed by atoms with E-state index < -0.39 is 0 Å². The fourth-order valence-electron chi connectivity index (χ4n) is 3.35. The summed E-state index contributed by atoms with van der Waals surface area (Å²) >= 11 is 0. The van der Waals surface area contributed by atoms with Crippen molar-refractivity contribution in [3.05, 3.63) is 0 Å². The Morgan fingerprint density at radius 1 is 1.32 bits per heavy atom. The molecule has 1 atom stereocenters. The maximum Gasteiger partial charge on any atom is 0.0546 e. The summed E-state index contributed by atoms with van der Waals surface area (Å²) in [6, 6.07) is 0.570. The summed E-state index contributed by atoms with van der Waals surface area (Å²) in [7, 11) is 0. The standard InChI is InChI=1S/C16H32N2O/c1-14(2)17-11-16(7-4-10-19-13-16)12-18-8-5-15(3)6-9-18/h14-15,17H,4-13H2,1-3H3. The van der Waals surface area contributed by atoms with Gasteiger partial charge in [0.1, 0.15) is 0 Å². The monoisotopic (exact) mass is 268 g/mol. The number of nitrogens with zero attached hydrogens (tertiary/aromatic N) is 1. The van der Waals surface area contributed by atoms with Crippen molar-refractivity contribution < 1.29 is 4.74 Å². The highest BCUT2D eigenvalue weighted by Crippen LogP contribution is 2.31. The van der Waals surface area contributed by atoms with Gasteiger partial charge in [-0.1, -0.05) is 20.8 Å². The van der Waals surface area contributed by atoms with Crippen LogP contribution < -0.4 is 5.32 Å². The van der Waals surface area contributed by atoms with Crippen molar-refractivity contribution in [2.75, 3.05) is 39.4 Å². The Kier molecular flexibility index (Phi) is 5.67. The summed E-state index contributed by atoms with van der Waals surface area (Å²) in [6.07, 6.45) is 5.28. The molecule has 0 spiro atoms. The zero-order valence-corrected chi connectivity index (χ0v) is 13.1. The molecule has 2 saturated heterocycles. The Morgan fingerprint density at radius 2 is 2.05 bits per heavy atom. The summed E-state index contributed by atoms with van der Waals surface area (Å²) in [6.45, 7) is 13.7. The van der Waals surface area contributed by atoms with Gasteiger partial charge in [0.05, 0.1) is 6.61 Å². The molecule has 2 aliphatic heterocycles. The molecule has 1 N–H and O–H groups in total. The Hall–Kier alpha value is -0.120. The molecular formula is C16H32N2O. The predicted octanol–water partition coefficient (Wildman–Crippen LogP) is 2.51. The van der Waals surface area contributed by atoms with Gasteiger partial charge in [0, 0.05) is 31.2 Å². The van der Waals surface area contributed by atoms with Crippen molar-refractivity contribution in [1.82, 2.24) is 10.2 Å². The lowest BCUT2D eigenvalue weighted by Gasteiger charge is -2.43.